The summed E-state index contributed by atoms with van der Waals surface area (Å²) >= 11 is 1.66. The van der Waals surface area contributed by atoms with Gasteiger partial charge in [0, 0.05) is 31.2 Å². The molecule has 0 unspecified atom stereocenters. The summed E-state index contributed by atoms with van der Waals surface area (Å²) in [4.78, 5) is 7.66. The summed E-state index contributed by atoms with van der Waals surface area (Å²) in [7, 11) is 2.06. The number of thiazole rings is 1. The minimum atomic E-state index is 0.566. The van der Waals surface area contributed by atoms with Crippen LogP contribution >= 0.6 is 11.3 Å². The second-order valence-corrected chi connectivity index (χ2v) is 5.43. The molecule has 2 rings (SSSR count). The van der Waals surface area contributed by atoms with Crippen LogP contribution in [0.15, 0.2) is 30.5 Å². The quantitative estimate of drug-likeness (QED) is 0.900. The molecule has 0 saturated heterocycles. The molecule has 1 aromatic carbocycles. The summed E-state index contributed by atoms with van der Waals surface area (Å²) in [6.45, 7) is 3.61. The zero-order valence-electron chi connectivity index (χ0n) is 10.9. The summed E-state index contributed by atoms with van der Waals surface area (Å²) in [5.41, 5.74) is 8.28. The third-order valence-corrected chi connectivity index (χ3v) is 4.05. The van der Waals surface area contributed by atoms with Crippen LogP contribution in [0.25, 0.3) is 0 Å². The SMILES string of the molecule is CCc1ccc(CN(C)c2ncc(CN)s2)cc1. The summed E-state index contributed by atoms with van der Waals surface area (Å²) < 4.78 is 0. The van der Waals surface area contributed by atoms with Gasteiger partial charge in [-0.25, -0.2) is 4.98 Å². The van der Waals surface area contributed by atoms with Gasteiger partial charge in [0.05, 0.1) is 0 Å². The lowest BCUT2D eigenvalue weighted by molar-refractivity contribution is 0.912. The van der Waals surface area contributed by atoms with E-state index in [4.69, 9.17) is 5.73 Å². The lowest BCUT2D eigenvalue weighted by atomic mass is 10.1. The van der Waals surface area contributed by atoms with Crippen LogP contribution in [0.3, 0.4) is 0 Å². The first-order chi connectivity index (χ1) is 8.72. The summed E-state index contributed by atoms with van der Waals surface area (Å²) in [6.07, 6.45) is 2.94. The number of hydrogen-bond donors (Lipinski definition) is 1. The van der Waals surface area contributed by atoms with Crippen molar-refractivity contribution in [2.45, 2.75) is 26.4 Å². The Kier molecular flexibility index (Phi) is 4.33. The molecular formula is C14H19N3S. The van der Waals surface area contributed by atoms with Crippen molar-refractivity contribution in [2.24, 2.45) is 5.73 Å². The Morgan fingerprint density at radius 1 is 1.22 bits per heavy atom. The molecule has 0 spiro atoms. The Morgan fingerprint density at radius 2 is 1.89 bits per heavy atom. The largest absolute Gasteiger partial charge is 0.347 e. The number of rotatable bonds is 5. The van der Waals surface area contributed by atoms with E-state index in [1.807, 2.05) is 6.20 Å². The molecule has 0 aliphatic heterocycles. The van der Waals surface area contributed by atoms with Crippen LogP contribution in [0.5, 0.6) is 0 Å². The maximum atomic E-state index is 5.60. The molecule has 0 saturated carbocycles. The van der Waals surface area contributed by atoms with E-state index < -0.39 is 0 Å². The summed E-state index contributed by atoms with van der Waals surface area (Å²) in [5.74, 6) is 0. The number of hydrogen-bond acceptors (Lipinski definition) is 4. The molecule has 3 nitrogen and oxygen atoms in total. The van der Waals surface area contributed by atoms with Gasteiger partial charge in [0.15, 0.2) is 5.13 Å². The lowest BCUT2D eigenvalue weighted by Gasteiger charge is -2.15. The Labute approximate surface area is 112 Å². The first-order valence-corrected chi connectivity index (χ1v) is 6.98. The number of nitrogens with two attached hydrogens (primary N) is 1. The number of aromatic nitrogens is 1. The van der Waals surface area contributed by atoms with Crippen LogP contribution in [0, 0.1) is 0 Å². The molecule has 96 valence electrons. The van der Waals surface area contributed by atoms with Crippen molar-refractivity contribution in [3.8, 4) is 0 Å². The molecule has 2 aromatic rings. The van der Waals surface area contributed by atoms with Crippen molar-refractivity contribution in [1.82, 2.24) is 4.98 Å². The van der Waals surface area contributed by atoms with Gasteiger partial charge in [-0.3, -0.25) is 0 Å². The monoisotopic (exact) mass is 261 g/mol. The van der Waals surface area contributed by atoms with Gasteiger partial charge in [-0.05, 0) is 17.5 Å². The zero-order chi connectivity index (χ0) is 13.0. The van der Waals surface area contributed by atoms with E-state index in [2.05, 4.69) is 48.1 Å². The maximum Gasteiger partial charge on any atom is 0.185 e. The van der Waals surface area contributed by atoms with Crippen molar-refractivity contribution in [3.63, 3.8) is 0 Å². The van der Waals surface area contributed by atoms with Gasteiger partial charge in [-0.1, -0.05) is 31.2 Å². The van der Waals surface area contributed by atoms with Gasteiger partial charge >= 0.3 is 0 Å². The Balaban J connectivity index is 2.03. The highest BCUT2D eigenvalue weighted by Gasteiger charge is 2.06. The van der Waals surface area contributed by atoms with Crippen LogP contribution in [0.4, 0.5) is 5.13 Å². The molecule has 0 atom stereocenters. The van der Waals surface area contributed by atoms with E-state index in [-0.39, 0.29) is 0 Å². The Bertz CT molecular complexity index is 490. The van der Waals surface area contributed by atoms with E-state index in [1.165, 1.54) is 11.1 Å². The number of nitrogens with zero attached hydrogens (tertiary/aromatic N) is 2. The first-order valence-electron chi connectivity index (χ1n) is 6.16. The van der Waals surface area contributed by atoms with Crippen molar-refractivity contribution >= 4 is 16.5 Å². The second kappa shape index (κ2) is 5.98. The highest BCUT2D eigenvalue weighted by Crippen LogP contribution is 2.22. The molecule has 1 heterocycles. The lowest BCUT2D eigenvalue weighted by Crippen LogP contribution is -2.15. The van der Waals surface area contributed by atoms with Crippen molar-refractivity contribution in [1.29, 1.82) is 0 Å². The standard InChI is InChI=1S/C14H19N3S/c1-3-11-4-6-12(7-5-11)10-17(2)14-16-9-13(8-15)18-14/h4-7,9H,3,8,10,15H2,1-2H3. The Hall–Kier alpha value is -1.39. The van der Waals surface area contributed by atoms with Gasteiger partial charge in [0.1, 0.15) is 0 Å². The van der Waals surface area contributed by atoms with Gasteiger partial charge in [-0.15, -0.1) is 11.3 Å². The van der Waals surface area contributed by atoms with Gasteiger partial charge in [0.25, 0.3) is 0 Å². The minimum Gasteiger partial charge on any atom is -0.347 e. The van der Waals surface area contributed by atoms with E-state index in [1.54, 1.807) is 11.3 Å². The predicted molar refractivity (Wildman–Crippen MR) is 77.9 cm³/mol. The van der Waals surface area contributed by atoms with Crippen molar-refractivity contribution in [3.05, 3.63) is 46.5 Å². The third-order valence-electron chi connectivity index (χ3n) is 2.92. The van der Waals surface area contributed by atoms with Gasteiger partial charge < -0.3 is 10.6 Å². The molecule has 0 aliphatic carbocycles. The third kappa shape index (κ3) is 3.09. The van der Waals surface area contributed by atoms with Crippen LogP contribution < -0.4 is 10.6 Å². The zero-order valence-corrected chi connectivity index (χ0v) is 11.7. The number of benzene rings is 1. The van der Waals surface area contributed by atoms with E-state index >= 15 is 0 Å². The fourth-order valence-electron chi connectivity index (χ4n) is 1.79. The fourth-order valence-corrected chi connectivity index (χ4v) is 2.54. The first kappa shape index (κ1) is 13.1. The molecule has 0 amide bonds. The topological polar surface area (TPSA) is 42.2 Å². The van der Waals surface area contributed by atoms with E-state index in [9.17, 15) is 0 Å². The molecule has 2 N–H and O–H groups in total. The Morgan fingerprint density at radius 3 is 2.44 bits per heavy atom. The summed E-state index contributed by atoms with van der Waals surface area (Å²) in [5, 5.41) is 1.02. The molecular weight excluding hydrogens is 242 g/mol. The highest BCUT2D eigenvalue weighted by atomic mass is 32.1. The molecule has 0 bridgehead atoms. The predicted octanol–water partition coefficient (Wildman–Crippen LogP) is 2.80. The smallest absolute Gasteiger partial charge is 0.185 e. The molecule has 18 heavy (non-hydrogen) atoms. The molecule has 0 fully saturated rings. The highest BCUT2D eigenvalue weighted by molar-refractivity contribution is 7.15. The van der Waals surface area contributed by atoms with Gasteiger partial charge in [0.2, 0.25) is 0 Å². The normalized spacial score (nSPS) is 10.6. The van der Waals surface area contributed by atoms with Crippen LogP contribution in [0.2, 0.25) is 0 Å². The van der Waals surface area contributed by atoms with E-state index in [0.29, 0.717) is 6.54 Å². The second-order valence-electron chi connectivity index (χ2n) is 4.34. The van der Waals surface area contributed by atoms with E-state index in [0.717, 1.165) is 23.0 Å². The molecule has 1 aromatic heterocycles. The average Bonchev–Trinajstić information content (AvgIpc) is 2.88. The average molecular weight is 261 g/mol. The van der Waals surface area contributed by atoms with Crippen LogP contribution in [0.1, 0.15) is 22.9 Å². The summed E-state index contributed by atoms with van der Waals surface area (Å²) in [6, 6.07) is 8.76. The molecule has 0 aliphatic rings. The van der Waals surface area contributed by atoms with Crippen LogP contribution in [-0.4, -0.2) is 12.0 Å². The van der Waals surface area contributed by atoms with Crippen molar-refractivity contribution < 1.29 is 0 Å². The van der Waals surface area contributed by atoms with Gasteiger partial charge in [-0.2, -0.15) is 0 Å². The number of anilines is 1. The molecule has 0 radical (unpaired) electrons. The van der Waals surface area contributed by atoms with Crippen LogP contribution in [-0.2, 0) is 19.5 Å². The minimum absolute atomic E-state index is 0.566. The molecule has 4 heteroatoms. The fraction of sp³-hybridized carbons (Fsp3) is 0.357. The van der Waals surface area contributed by atoms with Crippen molar-refractivity contribution in [2.75, 3.05) is 11.9 Å². The number of aryl methyl sites for hydroxylation is 1. The maximum absolute atomic E-state index is 5.60.